The van der Waals surface area contributed by atoms with Crippen molar-refractivity contribution in [2.75, 3.05) is 7.11 Å². The summed E-state index contributed by atoms with van der Waals surface area (Å²) in [5, 5.41) is 14.6. The van der Waals surface area contributed by atoms with Gasteiger partial charge in [-0.2, -0.15) is 0 Å². The zero-order chi connectivity index (χ0) is 39.9. The molecule has 2 aliphatic heterocycles. The van der Waals surface area contributed by atoms with Gasteiger partial charge < -0.3 is 40.2 Å². The molecule has 4 heterocycles. The van der Waals surface area contributed by atoms with Gasteiger partial charge in [-0.3, -0.25) is 9.59 Å². The van der Waals surface area contributed by atoms with Gasteiger partial charge in [0, 0.05) is 12.1 Å². The molecule has 4 aliphatic rings. The standard InChI is InChI=1S/C43H48N8O6/c1-20(2)36(48-42(54)55)40(52)50-32-16-26(32)18-34(50)38-44-28-12-10-24(14-30(28)46-38)22-6-8-23(9-7-22)25-11-13-29-31(15-25)47-39(45-29)35-19-27-17-33(27)51(35)41(53)37(21(3)4)49-43(56)57-5/h6-15,20-21,26-27,32-37,48H,16-19H2,1-5H3,(H,44,46)(H,45,47)(H,49,56)(H,54,55)/t26-,27-,32-,33-,34+,35+,36+,37+/m1/s1. The molecule has 9 rings (SSSR count). The number of fused-ring (bicyclic) bond motifs is 4. The van der Waals surface area contributed by atoms with Crippen LogP contribution in [0.4, 0.5) is 9.59 Å². The molecule has 0 unspecified atom stereocenters. The summed E-state index contributed by atoms with van der Waals surface area (Å²) in [5.41, 5.74) is 7.58. The number of aromatic amines is 2. The van der Waals surface area contributed by atoms with E-state index < -0.39 is 24.3 Å². The highest BCUT2D eigenvalue weighted by Gasteiger charge is 2.57. The van der Waals surface area contributed by atoms with Gasteiger partial charge in [0.2, 0.25) is 11.8 Å². The monoisotopic (exact) mass is 772 g/mol. The number of nitrogens with one attached hydrogen (secondary N) is 4. The first kappa shape index (κ1) is 36.7. The fraction of sp³-hybridized carbons (Fsp3) is 0.442. The number of hydrogen-bond acceptors (Lipinski definition) is 7. The number of ether oxygens (including phenoxy) is 1. The molecule has 0 bridgehead atoms. The molecule has 5 N–H and O–H groups in total. The highest BCUT2D eigenvalue weighted by Crippen LogP contribution is 2.54. The van der Waals surface area contributed by atoms with E-state index in [1.807, 2.05) is 49.6 Å². The highest BCUT2D eigenvalue weighted by atomic mass is 16.5. The number of carbonyl (C=O) groups excluding carboxylic acids is 3. The first-order chi connectivity index (χ1) is 27.4. The van der Waals surface area contributed by atoms with Crippen LogP contribution in [0.3, 0.4) is 0 Å². The van der Waals surface area contributed by atoms with Crippen LogP contribution in [0, 0.1) is 23.7 Å². The van der Waals surface area contributed by atoms with Crippen LogP contribution in [-0.2, 0) is 14.3 Å². The average Bonchev–Trinajstić information content (AvgIpc) is 3.85. The number of benzene rings is 3. The van der Waals surface area contributed by atoms with E-state index >= 15 is 0 Å². The van der Waals surface area contributed by atoms with Gasteiger partial charge in [-0.05, 0) is 95.9 Å². The molecule has 2 aliphatic carbocycles. The Morgan fingerprint density at radius 3 is 1.49 bits per heavy atom. The highest BCUT2D eigenvalue weighted by molar-refractivity contribution is 5.89. The number of carboxylic acid groups (broad SMARTS) is 1. The normalized spacial score (nSPS) is 24.4. The molecular formula is C43H48N8O6. The summed E-state index contributed by atoms with van der Waals surface area (Å²) in [6.07, 6.45) is 1.74. The third-order valence-electron chi connectivity index (χ3n) is 12.5. The summed E-state index contributed by atoms with van der Waals surface area (Å²) in [6.45, 7) is 7.55. The van der Waals surface area contributed by atoms with E-state index in [9.17, 15) is 24.3 Å². The van der Waals surface area contributed by atoms with E-state index in [-0.39, 0.29) is 47.8 Å². The van der Waals surface area contributed by atoms with E-state index in [0.717, 1.165) is 81.7 Å². The van der Waals surface area contributed by atoms with E-state index in [1.54, 1.807) is 0 Å². The molecule has 14 nitrogen and oxygen atoms in total. The van der Waals surface area contributed by atoms with Crippen molar-refractivity contribution in [1.29, 1.82) is 0 Å². The minimum absolute atomic E-state index is 0.102. The Morgan fingerprint density at radius 1 is 0.667 bits per heavy atom. The van der Waals surface area contributed by atoms with Gasteiger partial charge in [-0.25, -0.2) is 19.6 Å². The maximum absolute atomic E-state index is 13.9. The molecule has 2 aromatic heterocycles. The van der Waals surface area contributed by atoms with Crippen molar-refractivity contribution in [3.8, 4) is 22.3 Å². The van der Waals surface area contributed by atoms with E-state index in [4.69, 9.17) is 14.7 Å². The summed E-state index contributed by atoms with van der Waals surface area (Å²) in [4.78, 5) is 71.8. The Morgan fingerprint density at radius 2 is 1.09 bits per heavy atom. The molecular weight excluding hydrogens is 725 g/mol. The van der Waals surface area contributed by atoms with Crippen LogP contribution in [0.25, 0.3) is 44.3 Å². The number of alkyl carbamates (subject to hydrolysis) is 1. The number of piperidine rings is 2. The fourth-order valence-corrected chi connectivity index (χ4v) is 9.29. The summed E-state index contributed by atoms with van der Waals surface area (Å²) >= 11 is 0. The number of aromatic nitrogens is 4. The minimum atomic E-state index is -1.20. The quantitative estimate of drug-likeness (QED) is 0.103. The molecule has 4 fully saturated rings. The minimum Gasteiger partial charge on any atom is -0.465 e. The van der Waals surface area contributed by atoms with Crippen molar-refractivity contribution in [3.63, 3.8) is 0 Å². The second-order valence-corrected chi connectivity index (χ2v) is 16.9. The lowest BCUT2D eigenvalue weighted by molar-refractivity contribution is -0.137. The molecule has 57 heavy (non-hydrogen) atoms. The summed E-state index contributed by atoms with van der Waals surface area (Å²) < 4.78 is 4.81. The van der Waals surface area contributed by atoms with Crippen molar-refractivity contribution in [2.45, 2.75) is 89.6 Å². The number of amides is 4. The van der Waals surface area contributed by atoms with Crippen molar-refractivity contribution >= 4 is 46.1 Å². The van der Waals surface area contributed by atoms with Gasteiger partial charge in [0.15, 0.2) is 0 Å². The molecule has 0 spiro atoms. The van der Waals surface area contributed by atoms with Gasteiger partial charge in [-0.15, -0.1) is 0 Å². The Balaban J connectivity index is 0.920. The fourth-order valence-electron chi connectivity index (χ4n) is 9.29. The second-order valence-electron chi connectivity index (χ2n) is 16.9. The first-order valence-corrected chi connectivity index (χ1v) is 20.0. The predicted octanol–water partition coefficient (Wildman–Crippen LogP) is 6.77. The summed E-state index contributed by atoms with van der Waals surface area (Å²) in [5.74, 6) is 1.76. The largest absolute Gasteiger partial charge is 0.465 e. The number of likely N-dealkylation sites (tertiary alicyclic amines) is 2. The second kappa shape index (κ2) is 13.9. The number of methoxy groups -OCH3 is 1. The topological polar surface area (TPSA) is 186 Å². The van der Waals surface area contributed by atoms with Crippen LogP contribution in [0.1, 0.15) is 77.1 Å². The van der Waals surface area contributed by atoms with Gasteiger partial charge in [0.05, 0.1) is 41.3 Å². The van der Waals surface area contributed by atoms with Crippen LogP contribution in [0.2, 0.25) is 0 Å². The number of hydrogen-bond donors (Lipinski definition) is 5. The van der Waals surface area contributed by atoms with Crippen molar-refractivity contribution in [3.05, 3.63) is 72.3 Å². The molecule has 8 atom stereocenters. The molecule has 296 valence electrons. The summed E-state index contributed by atoms with van der Waals surface area (Å²) in [7, 11) is 1.30. The number of rotatable bonds is 10. The SMILES string of the molecule is COC(=O)N[C@H](C(=O)N1[C@@H]2C[C@@H]2C[C@H]1c1nc2ccc(-c3ccc(-c4ccc5nc([C@@H]6C[C@H]7C[C@H]7N6C(=O)[C@@H](NC(=O)O)C(C)C)[nH]c5c4)cc3)cc2[nH]1)C(C)C. The Bertz CT molecular complexity index is 2400. The first-order valence-electron chi connectivity index (χ1n) is 20.0. The van der Waals surface area contributed by atoms with E-state index in [1.165, 1.54) is 7.11 Å². The predicted molar refractivity (Wildman–Crippen MR) is 213 cm³/mol. The van der Waals surface area contributed by atoms with Crippen molar-refractivity contribution in [2.24, 2.45) is 23.7 Å². The van der Waals surface area contributed by atoms with Crippen LogP contribution in [0.5, 0.6) is 0 Å². The molecule has 2 saturated carbocycles. The van der Waals surface area contributed by atoms with E-state index in [0.29, 0.717) is 11.8 Å². The lowest BCUT2D eigenvalue weighted by Gasteiger charge is -2.31. The third kappa shape index (κ3) is 6.64. The van der Waals surface area contributed by atoms with Crippen LogP contribution >= 0.6 is 0 Å². The van der Waals surface area contributed by atoms with Gasteiger partial charge in [-0.1, -0.05) is 64.1 Å². The van der Waals surface area contributed by atoms with E-state index in [2.05, 4.69) is 69.1 Å². The summed E-state index contributed by atoms with van der Waals surface area (Å²) in [6, 6.07) is 19.1. The molecule has 3 aromatic carbocycles. The molecule has 5 aromatic rings. The maximum atomic E-state index is 13.9. The number of nitrogens with zero attached hydrogens (tertiary/aromatic N) is 4. The number of imidazole rings is 2. The Labute approximate surface area is 329 Å². The lowest BCUT2D eigenvalue weighted by Crippen LogP contribution is -2.52. The maximum Gasteiger partial charge on any atom is 0.407 e. The number of carbonyl (C=O) groups is 4. The van der Waals surface area contributed by atoms with Gasteiger partial charge in [0.25, 0.3) is 0 Å². The molecule has 0 radical (unpaired) electrons. The van der Waals surface area contributed by atoms with Gasteiger partial charge >= 0.3 is 12.2 Å². The van der Waals surface area contributed by atoms with Crippen LogP contribution in [0.15, 0.2) is 60.7 Å². The zero-order valence-electron chi connectivity index (χ0n) is 32.7. The van der Waals surface area contributed by atoms with Crippen molar-refractivity contribution < 1.29 is 29.0 Å². The van der Waals surface area contributed by atoms with Gasteiger partial charge in [0.1, 0.15) is 23.7 Å². The lowest BCUT2D eigenvalue weighted by atomic mass is 10.00. The Kier molecular flexibility index (Phi) is 8.97. The number of H-pyrrole nitrogens is 2. The molecule has 2 saturated heterocycles. The molecule has 14 heteroatoms. The molecule has 4 amide bonds. The van der Waals surface area contributed by atoms with Crippen molar-refractivity contribution in [1.82, 2.24) is 40.4 Å². The Hall–Kier alpha value is -5.92. The average molecular weight is 773 g/mol. The van der Waals surface area contributed by atoms with Crippen LogP contribution in [-0.4, -0.2) is 90.1 Å². The zero-order valence-corrected chi connectivity index (χ0v) is 32.7. The third-order valence-corrected chi connectivity index (χ3v) is 12.5. The smallest absolute Gasteiger partial charge is 0.407 e. The van der Waals surface area contributed by atoms with Crippen LogP contribution < -0.4 is 10.6 Å².